The molecular weight excluding hydrogens is 298 g/mol. The summed E-state index contributed by atoms with van der Waals surface area (Å²) in [7, 11) is 0. The minimum atomic E-state index is -0.363. The van der Waals surface area contributed by atoms with Crippen LogP contribution in [0.25, 0.3) is 0 Å². The topological polar surface area (TPSA) is 41.5 Å². The minimum absolute atomic E-state index is 0.0271. The first-order valence-corrected chi connectivity index (χ1v) is 8.47. The summed E-state index contributed by atoms with van der Waals surface area (Å²) >= 11 is 0. The van der Waals surface area contributed by atoms with Gasteiger partial charge in [0, 0.05) is 5.56 Å². The highest BCUT2D eigenvalue weighted by Gasteiger charge is 2.33. The zero-order valence-corrected chi connectivity index (χ0v) is 15.4. The number of para-hydroxylation sites is 1. The number of benzene rings is 2. The lowest BCUT2D eigenvalue weighted by Crippen LogP contribution is -2.17. The molecule has 0 aromatic heterocycles. The fourth-order valence-corrected chi connectivity index (χ4v) is 2.99. The van der Waals surface area contributed by atoms with Crippen LogP contribution in [0.1, 0.15) is 64.5 Å². The second-order valence-electron chi connectivity index (χ2n) is 8.60. The van der Waals surface area contributed by atoms with Crippen LogP contribution in [-0.4, -0.2) is 5.11 Å². The second kappa shape index (κ2) is 5.44. The molecule has 0 saturated carbocycles. The molecular formula is C21H27NO2. The van der Waals surface area contributed by atoms with Crippen LogP contribution in [0.15, 0.2) is 36.4 Å². The van der Waals surface area contributed by atoms with E-state index in [9.17, 15) is 5.11 Å². The zero-order valence-electron chi connectivity index (χ0n) is 15.4. The van der Waals surface area contributed by atoms with E-state index in [4.69, 9.17) is 4.74 Å². The van der Waals surface area contributed by atoms with Gasteiger partial charge in [-0.2, -0.15) is 0 Å². The Balaban J connectivity index is 2.09. The quantitative estimate of drug-likeness (QED) is 0.728. The molecule has 1 heterocycles. The molecule has 0 unspecified atom stereocenters. The third-order valence-corrected chi connectivity index (χ3v) is 4.50. The molecule has 2 aromatic rings. The summed E-state index contributed by atoms with van der Waals surface area (Å²) in [5.74, 6) is 1.14. The van der Waals surface area contributed by atoms with Crippen LogP contribution in [0.4, 0.5) is 5.69 Å². The Bertz CT molecular complexity index is 766. The van der Waals surface area contributed by atoms with Crippen molar-refractivity contribution in [3.63, 3.8) is 0 Å². The number of fused-ring (bicyclic) bond motifs is 1. The molecule has 24 heavy (non-hydrogen) atoms. The molecule has 0 radical (unpaired) electrons. The van der Waals surface area contributed by atoms with E-state index < -0.39 is 0 Å². The number of ether oxygens (including phenoxy) is 1. The van der Waals surface area contributed by atoms with Crippen molar-refractivity contribution in [1.82, 2.24) is 0 Å². The van der Waals surface area contributed by atoms with E-state index in [1.807, 2.05) is 18.2 Å². The van der Waals surface area contributed by atoms with Crippen LogP contribution in [0.2, 0.25) is 0 Å². The summed E-state index contributed by atoms with van der Waals surface area (Å²) in [4.78, 5) is 0. The number of hydrogen-bond donors (Lipinski definition) is 2. The maximum absolute atomic E-state index is 10.1. The highest BCUT2D eigenvalue weighted by atomic mass is 16.5. The Morgan fingerprint density at radius 3 is 2.21 bits per heavy atom. The molecule has 0 fully saturated rings. The highest BCUT2D eigenvalue weighted by Crippen LogP contribution is 2.47. The van der Waals surface area contributed by atoms with E-state index in [0.717, 1.165) is 17.0 Å². The van der Waals surface area contributed by atoms with Gasteiger partial charge in [0.15, 0.2) is 6.23 Å². The molecule has 128 valence electrons. The van der Waals surface area contributed by atoms with Gasteiger partial charge in [-0.15, -0.1) is 0 Å². The molecule has 0 bridgehead atoms. The van der Waals surface area contributed by atoms with E-state index >= 15 is 0 Å². The number of phenolic OH excluding ortho intramolecular Hbond substituents is 1. The Hall–Kier alpha value is -2.16. The Kier molecular flexibility index (Phi) is 3.78. The van der Waals surface area contributed by atoms with Crippen molar-refractivity contribution >= 4 is 5.69 Å². The molecule has 2 N–H and O–H groups in total. The molecule has 3 nitrogen and oxygen atoms in total. The predicted molar refractivity (Wildman–Crippen MR) is 98.9 cm³/mol. The average molecular weight is 325 g/mol. The van der Waals surface area contributed by atoms with Gasteiger partial charge in [0.1, 0.15) is 11.5 Å². The van der Waals surface area contributed by atoms with Crippen LogP contribution in [0.5, 0.6) is 11.5 Å². The SMILES string of the molecule is CC(C)(C)c1cc2c(c(C(C)(C)C)c1)O[C@@H](c1ccccc1O)N2. The zero-order chi connectivity index (χ0) is 17.7. The first-order valence-electron chi connectivity index (χ1n) is 8.47. The summed E-state index contributed by atoms with van der Waals surface area (Å²) in [5, 5.41) is 13.6. The number of phenols is 1. The maximum atomic E-state index is 10.1. The lowest BCUT2D eigenvalue weighted by molar-refractivity contribution is 0.248. The lowest BCUT2D eigenvalue weighted by Gasteiger charge is -2.26. The van der Waals surface area contributed by atoms with E-state index in [0.29, 0.717) is 0 Å². The van der Waals surface area contributed by atoms with Crippen molar-refractivity contribution in [2.75, 3.05) is 5.32 Å². The number of hydrogen-bond acceptors (Lipinski definition) is 3. The van der Waals surface area contributed by atoms with Crippen LogP contribution in [-0.2, 0) is 10.8 Å². The molecule has 3 rings (SSSR count). The Morgan fingerprint density at radius 1 is 0.958 bits per heavy atom. The summed E-state index contributed by atoms with van der Waals surface area (Å²) in [5.41, 5.74) is 4.26. The van der Waals surface area contributed by atoms with E-state index in [1.54, 1.807) is 6.07 Å². The molecule has 0 aliphatic carbocycles. The van der Waals surface area contributed by atoms with E-state index in [-0.39, 0.29) is 22.8 Å². The van der Waals surface area contributed by atoms with Gasteiger partial charge in [-0.05, 0) is 34.6 Å². The van der Waals surface area contributed by atoms with Crippen molar-refractivity contribution in [2.24, 2.45) is 0 Å². The molecule has 1 atom stereocenters. The minimum Gasteiger partial charge on any atom is -0.507 e. The molecule has 1 aliphatic rings. The average Bonchev–Trinajstić information content (AvgIpc) is 2.88. The van der Waals surface area contributed by atoms with Crippen LogP contribution >= 0.6 is 0 Å². The van der Waals surface area contributed by atoms with Crippen LogP contribution in [0.3, 0.4) is 0 Å². The monoisotopic (exact) mass is 325 g/mol. The van der Waals surface area contributed by atoms with Crippen molar-refractivity contribution in [3.05, 3.63) is 53.1 Å². The fraction of sp³-hybridized carbons (Fsp3) is 0.429. The first kappa shape index (κ1) is 16.7. The Labute approximate surface area is 144 Å². The number of rotatable bonds is 1. The summed E-state index contributed by atoms with van der Waals surface area (Å²) < 4.78 is 6.23. The predicted octanol–water partition coefficient (Wildman–Crippen LogP) is 5.49. The van der Waals surface area contributed by atoms with Gasteiger partial charge in [-0.25, -0.2) is 0 Å². The fourth-order valence-electron chi connectivity index (χ4n) is 2.99. The van der Waals surface area contributed by atoms with E-state index in [2.05, 4.69) is 59.0 Å². The Morgan fingerprint density at radius 2 is 1.62 bits per heavy atom. The molecule has 3 heteroatoms. The number of anilines is 1. The standard InChI is InChI=1S/C21H27NO2/c1-20(2,3)13-11-15(21(4,5)6)18-16(12-13)22-19(24-18)14-9-7-8-10-17(14)23/h7-12,19,22-23H,1-6H3/t19-/m0/s1. The molecule has 0 spiro atoms. The maximum Gasteiger partial charge on any atom is 0.200 e. The van der Waals surface area contributed by atoms with Gasteiger partial charge in [0.2, 0.25) is 0 Å². The highest BCUT2D eigenvalue weighted by molar-refractivity contribution is 5.68. The van der Waals surface area contributed by atoms with Crippen molar-refractivity contribution in [3.8, 4) is 11.5 Å². The number of nitrogens with one attached hydrogen (secondary N) is 1. The lowest BCUT2D eigenvalue weighted by atomic mass is 9.80. The summed E-state index contributed by atoms with van der Waals surface area (Å²) in [6.07, 6.45) is -0.363. The molecule has 2 aromatic carbocycles. The third-order valence-electron chi connectivity index (χ3n) is 4.50. The van der Waals surface area contributed by atoms with Crippen molar-refractivity contribution < 1.29 is 9.84 Å². The smallest absolute Gasteiger partial charge is 0.200 e. The molecule has 0 amide bonds. The second-order valence-corrected chi connectivity index (χ2v) is 8.60. The normalized spacial score (nSPS) is 17.2. The van der Waals surface area contributed by atoms with Crippen molar-refractivity contribution in [2.45, 2.75) is 58.6 Å². The van der Waals surface area contributed by atoms with Crippen LogP contribution < -0.4 is 10.1 Å². The van der Waals surface area contributed by atoms with E-state index in [1.165, 1.54) is 11.1 Å². The van der Waals surface area contributed by atoms with Gasteiger partial charge in [-0.1, -0.05) is 59.7 Å². The summed E-state index contributed by atoms with van der Waals surface area (Å²) in [6.45, 7) is 13.3. The van der Waals surface area contributed by atoms with Gasteiger partial charge < -0.3 is 15.2 Å². The van der Waals surface area contributed by atoms with Gasteiger partial charge in [-0.3, -0.25) is 0 Å². The van der Waals surface area contributed by atoms with Crippen molar-refractivity contribution in [1.29, 1.82) is 0 Å². The first-order chi connectivity index (χ1) is 11.1. The van der Waals surface area contributed by atoms with Gasteiger partial charge in [0.05, 0.1) is 11.3 Å². The number of aromatic hydroxyl groups is 1. The van der Waals surface area contributed by atoms with Gasteiger partial charge >= 0.3 is 0 Å². The van der Waals surface area contributed by atoms with Gasteiger partial charge in [0.25, 0.3) is 0 Å². The third kappa shape index (κ3) is 2.95. The van der Waals surface area contributed by atoms with Crippen LogP contribution in [0, 0.1) is 0 Å². The largest absolute Gasteiger partial charge is 0.507 e. The molecule has 1 aliphatic heterocycles. The molecule has 0 saturated heterocycles. The summed E-state index contributed by atoms with van der Waals surface area (Å²) in [6, 6.07) is 11.7.